The fraction of sp³-hybridized carbons (Fsp3) is 0.810. The van der Waals surface area contributed by atoms with E-state index in [1.54, 1.807) is 0 Å². The monoisotopic (exact) mass is 781 g/mol. The first-order valence-corrected chi connectivity index (χ1v) is 20.9. The van der Waals surface area contributed by atoms with Gasteiger partial charge >= 0.3 is 0 Å². The molecule has 4 aliphatic rings. The van der Waals surface area contributed by atoms with Crippen LogP contribution in [0.5, 0.6) is 0 Å². The topological polar surface area (TPSA) is 222 Å². The highest BCUT2D eigenvalue weighted by molar-refractivity contribution is 5.90. The van der Waals surface area contributed by atoms with Gasteiger partial charge in [-0.15, -0.1) is 0 Å². The molecule has 0 aromatic carbocycles. The Bertz CT molecular complexity index is 1340. The van der Waals surface area contributed by atoms with Crippen molar-refractivity contribution < 1.29 is 28.8 Å². The number of hydrogen-bond donors (Lipinski definition) is 6. The van der Waals surface area contributed by atoms with Crippen LogP contribution in [0.15, 0.2) is 0 Å². The van der Waals surface area contributed by atoms with Gasteiger partial charge in [-0.1, -0.05) is 80.1 Å². The molecule has 4 rings (SSSR count). The van der Waals surface area contributed by atoms with Crippen molar-refractivity contribution in [1.29, 1.82) is 10.5 Å². The first-order valence-electron chi connectivity index (χ1n) is 20.9. The van der Waals surface area contributed by atoms with Crippen LogP contribution in [0.1, 0.15) is 144 Å². The molecule has 0 spiro atoms. The fourth-order valence-corrected chi connectivity index (χ4v) is 8.09. The molecule has 0 unspecified atom stereocenters. The van der Waals surface area contributed by atoms with Crippen molar-refractivity contribution in [3.8, 4) is 12.1 Å². The quantitative estimate of drug-likeness (QED) is 0.151. The zero-order valence-corrected chi connectivity index (χ0v) is 34.7. The normalized spacial score (nSPS) is 22.6. The Morgan fingerprint density at radius 1 is 0.589 bits per heavy atom. The lowest BCUT2D eigenvalue weighted by molar-refractivity contribution is -0.132. The molecule has 6 N–H and O–H groups in total. The molecule has 0 aromatic rings. The van der Waals surface area contributed by atoms with Crippen molar-refractivity contribution in [2.45, 2.75) is 168 Å². The molecule has 14 nitrogen and oxygen atoms in total. The van der Waals surface area contributed by atoms with Crippen LogP contribution in [0.25, 0.3) is 0 Å². The van der Waals surface area contributed by atoms with E-state index in [4.69, 9.17) is 0 Å². The standard InChI is InChI=1S/2C21H34N4O3/c2*1-21(2,3)12-17(25-19(27)14-7-5-4-6-8-14)20(28)24-16(13-22)11-15-9-10-23-18(15)26/h2*14-17H,4-12H2,1-3H3,(H,23,26)(H,24,28)(H,25,27)/t15-,16+,17-;15-,16-,17-/m00/s1. The van der Waals surface area contributed by atoms with E-state index in [2.05, 4.69) is 44.0 Å². The number of nitrogens with one attached hydrogen (secondary N) is 6. The van der Waals surface area contributed by atoms with Gasteiger partial charge in [0.15, 0.2) is 0 Å². The number of amides is 6. The third-order valence-electron chi connectivity index (χ3n) is 11.2. The van der Waals surface area contributed by atoms with Crippen LogP contribution in [0.3, 0.4) is 0 Å². The molecule has 2 heterocycles. The van der Waals surface area contributed by atoms with Gasteiger partial charge in [-0.2, -0.15) is 10.5 Å². The Morgan fingerprint density at radius 2 is 0.929 bits per heavy atom. The zero-order chi connectivity index (χ0) is 41.5. The molecule has 6 amide bonds. The SMILES string of the molecule is CC(C)(C)C[C@H](NC(=O)C1CCCCC1)C(=O)N[C@@H](C#N)C[C@@H]1CCNC1=O.CC(C)(C)C[C@H](NC(=O)C1CCCCC1)C(=O)N[C@H](C#N)C[C@@H]1CCNC1=O. The summed E-state index contributed by atoms with van der Waals surface area (Å²) in [5, 5.41) is 35.7. The lowest BCUT2D eigenvalue weighted by atomic mass is 9.85. The van der Waals surface area contributed by atoms with E-state index in [1.807, 2.05) is 41.5 Å². The molecular formula is C42H68N8O6. The summed E-state index contributed by atoms with van der Waals surface area (Å²) in [4.78, 5) is 74.6. The minimum absolute atomic E-state index is 0.0297. The maximum atomic E-state index is 12.9. The van der Waals surface area contributed by atoms with Crippen molar-refractivity contribution in [1.82, 2.24) is 31.9 Å². The van der Waals surface area contributed by atoms with Crippen LogP contribution < -0.4 is 31.9 Å². The lowest BCUT2D eigenvalue weighted by Crippen LogP contribution is -2.52. The summed E-state index contributed by atoms with van der Waals surface area (Å²) in [5.41, 5.74) is -0.315. The molecule has 0 radical (unpaired) electrons. The highest BCUT2D eigenvalue weighted by Gasteiger charge is 2.35. The second-order valence-electron chi connectivity index (χ2n) is 18.7. The average molecular weight is 781 g/mol. The van der Waals surface area contributed by atoms with E-state index in [0.717, 1.165) is 64.2 Å². The van der Waals surface area contributed by atoms with Gasteiger partial charge in [0, 0.05) is 36.8 Å². The minimum Gasteiger partial charge on any atom is -0.356 e. The van der Waals surface area contributed by atoms with Crippen LogP contribution in [0, 0.1) is 57.2 Å². The number of nitriles is 2. The van der Waals surface area contributed by atoms with Gasteiger partial charge in [0.25, 0.3) is 0 Å². The van der Waals surface area contributed by atoms with Crippen molar-refractivity contribution in [2.24, 2.45) is 34.5 Å². The molecule has 56 heavy (non-hydrogen) atoms. The molecule has 2 aliphatic heterocycles. The number of nitrogens with zero attached hydrogens (tertiary/aromatic N) is 2. The first-order chi connectivity index (χ1) is 26.4. The highest BCUT2D eigenvalue weighted by atomic mass is 16.2. The van der Waals surface area contributed by atoms with Crippen molar-refractivity contribution in [2.75, 3.05) is 13.1 Å². The first kappa shape index (κ1) is 46.2. The minimum atomic E-state index is -0.740. The van der Waals surface area contributed by atoms with Crippen molar-refractivity contribution in [3.63, 3.8) is 0 Å². The summed E-state index contributed by atoms with van der Waals surface area (Å²) >= 11 is 0. The second-order valence-corrected chi connectivity index (χ2v) is 18.7. The molecular weight excluding hydrogens is 713 g/mol. The van der Waals surface area contributed by atoms with Gasteiger partial charge in [-0.3, -0.25) is 28.8 Å². The molecule has 14 heteroatoms. The number of hydrogen-bond acceptors (Lipinski definition) is 8. The second kappa shape index (κ2) is 21.9. The van der Waals surface area contributed by atoms with Gasteiger partial charge in [0.05, 0.1) is 12.1 Å². The molecule has 0 bridgehead atoms. The van der Waals surface area contributed by atoms with E-state index < -0.39 is 24.2 Å². The summed E-state index contributed by atoms with van der Waals surface area (Å²) in [7, 11) is 0. The van der Waals surface area contributed by atoms with Gasteiger partial charge in [-0.05, 0) is 75.0 Å². The van der Waals surface area contributed by atoms with Gasteiger partial charge in [0.2, 0.25) is 35.4 Å². The van der Waals surface area contributed by atoms with Crippen molar-refractivity contribution >= 4 is 35.4 Å². The predicted molar refractivity (Wildman–Crippen MR) is 212 cm³/mol. The average Bonchev–Trinajstić information content (AvgIpc) is 3.75. The van der Waals surface area contributed by atoms with Crippen LogP contribution in [-0.2, 0) is 28.8 Å². The Kier molecular flexibility index (Phi) is 18.1. The van der Waals surface area contributed by atoms with E-state index in [1.165, 1.54) is 0 Å². The predicted octanol–water partition coefficient (Wildman–Crippen LogP) is 4.04. The zero-order valence-electron chi connectivity index (χ0n) is 34.7. The van der Waals surface area contributed by atoms with Crippen LogP contribution in [0.4, 0.5) is 0 Å². The summed E-state index contributed by atoms with van der Waals surface area (Å²) < 4.78 is 0. The van der Waals surface area contributed by atoms with Gasteiger partial charge in [0.1, 0.15) is 24.2 Å². The maximum absolute atomic E-state index is 12.9. The Morgan fingerprint density at radius 3 is 1.20 bits per heavy atom. The number of carbonyl (C=O) groups is 6. The maximum Gasteiger partial charge on any atom is 0.243 e. The summed E-state index contributed by atoms with van der Waals surface area (Å²) in [6.07, 6.45) is 12.9. The van der Waals surface area contributed by atoms with Gasteiger partial charge in [-0.25, -0.2) is 0 Å². The number of rotatable bonds is 14. The van der Waals surface area contributed by atoms with E-state index >= 15 is 0 Å². The number of carbonyl (C=O) groups excluding carboxylic acids is 6. The molecule has 2 saturated carbocycles. The van der Waals surface area contributed by atoms with E-state index in [0.29, 0.717) is 51.6 Å². The lowest BCUT2D eigenvalue weighted by Gasteiger charge is -2.29. The smallest absolute Gasteiger partial charge is 0.243 e. The van der Waals surface area contributed by atoms with E-state index in [-0.39, 0.29) is 69.9 Å². The molecule has 2 aliphatic carbocycles. The summed E-state index contributed by atoms with van der Waals surface area (Å²) in [6, 6.07) is 1.34. The van der Waals surface area contributed by atoms with Crippen molar-refractivity contribution in [3.05, 3.63) is 0 Å². The Labute approximate surface area is 334 Å². The molecule has 2 saturated heterocycles. The third-order valence-corrected chi connectivity index (χ3v) is 11.2. The molecule has 6 atom stereocenters. The van der Waals surface area contributed by atoms with Gasteiger partial charge < -0.3 is 31.9 Å². The molecule has 0 aromatic heterocycles. The summed E-state index contributed by atoms with van der Waals surface area (Å²) in [6.45, 7) is 13.3. The Hall–Kier alpha value is -4.20. The third kappa shape index (κ3) is 16.1. The highest BCUT2D eigenvalue weighted by Crippen LogP contribution is 2.27. The largest absolute Gasteiger partial charge is 0.356 e. The van der Waals surface area contributed by atoms with Crippen LogP contribution in [-0.4, -0.2) is 72.7 Å². The summed E-state index contributed by atoms with van der Waals surface area (Å²) in [5.74, 6) is -1.49. The fourth-order valence-electron chi connectivity index (χ4n) is 8.09. The molecule has 312 valence electrons. The van der Waals surface area contributed by atoms with Crippen LogP contribution >= 0.6 is 0 Å². The van der Waals surface area contributed by atoms with E-state index in [9.17, 15) is 39.3 Å². The Balaban J connectivity index is 0.000000300. The molecule has 4 fully saturated rings. The van der Waals surface area contributed by atoms with Crippen LogP contribution in [0.2, 0.25) is 0 Å².